The minimum absolute atomic E-state index is 0.0772. The molecule has 0 N–H and O–H groups in total. The SMILES string of the molecule is COCOc1cc(OCc2ccc(OC)cc2)cc2c1C(=O)O[C@@H](C)[C@H](C)/C=C\C(=O)C1OC(C)(C)O[C@H]1C/C=C/2. The zero-order valence-electron chi connectivity index (χ0n) is 24.4. The molecule has 2 heterocycles. The van der Waals surface area contributed by atoms with Crippen LogP contribution in [0.4, 0.5) is 0 Å². The molecule has 0 amide bonds. The lowest BCUT2D eigenvalue weighted by Crippen LogP contribution is -2.30. The molecule has 4 atom stereocenters. The maximum absolute atomic E-state index is 13.5. The predicted molar refractivity (Wildman–Crippen MR) is 152 cm³/mol. The van der Waals surface area contributed by atoms with Crippen LogP contribution >= 0.6 is 0 Å². The van der Waals surface area contributed by atoms with Crippen LogP contribution in [-0.2, 0) is 30.3 Å². The van der Waals surface area contributed by atoms with Crippen molar-refractivity contribution in [2.24, 2.45) is 5.92 Å². The summed E-state index contributed by atoms with van der Waals surface area (Å²) in [4.78, 5) is 26.5. The molecule has 2 aliphatic rings. The molecule has 0 spiro atoms. The van der Waals surface area contributed by atoms with Gasteiger partial charge in [-0.05, 0) is 62.6 Å². The Morgan fingerprint density at radius 3 is 2.41 bits per heavy atom. The van der Waals surface area contributed by atoms with Crippen molar-refractivity contribution in [3.63, 3.8) is 0 Å². The molecule has 220 valence electrons. The summed E-state index contributed by atoms with van der Waals surface area (Å²) >= 11 is 0. The van der Waals surface area contributed by atoms with E-state index in [1.165, 1.54) is 13.2 Å². The number of benzene rings is 2. The molecule has 2 aliphatic heterocycles. The smallest absolute Gasteiger partial charge is 0.342 e. The van der Waals surface area contributed by atoms with E-state index in [-0.39, 0.29) is 36.4 Å². The first-order valence-corrected chi connectivity index (χ1v) is 13.6. The van der Waals surface area contributed by atoms with Gasteiger partial charge in [-0.25, -0.2) is 4.79 Å². The van der Waals surface area contributed by atoms with Crippen molar-refractivity contribution >= 4 is 17.8 Å². The number of carbonyl (C=O) groups is 2. The summed E-state index contributed by atoms with van der Waals surface area (Å²) in [5.41, 5.74) is 1.71. The number of ether oxygens (including phenoxy) is 7. The van der Waals surface area contributed by atoms with E-state index in [0.717, 1.165) is 11.3 Å². The van der Waals surface area contributed by atoms with Gasteiger partial charge in [-0.1, -0.05) is 37.3 Å². The molecule has 9 nitrogen and oxygen atoms in total. The molecule has 1 unspecified atom stereocenters. The van der Waals surface area contributed by atoms with Crippen molar-refractivity contribution in [1.82, 2.24) is 0 Å². The van der Waals surface area contributed by atoms with E-state index >= 15 is 0 Å². The van der Waals surface area contributed by atoms with Crippen LogP contribution in [0.15, 0.2) is 54.6 Å². The van der Waals surface area contributed by atoms with E-state index in [9.17, 15) is 9.59 Å². The zero-order valence-corrected chi connectivity index (χ0v) is 24.4. The van der Waals surface area contributed by atoms with Gasteiger partial charge in [-0.2, -0.15) is 0 Å². The molecule has 1 fully saturated rings. The normalized spacial score (nSPS) is 25.7. The fraction of sp³-hybridized carbons (Fsp3) is 0.438. The summed E-state index contributed by atoms with van der Waals surface area (Å²) in [6.45, 7) is 7.43. The maximum Gasteiger partial charge on any atom is 0.342 e. The van der Waals surface area contributed by atoms with Crippen LogP contribution in [-0.4, -0.2) is 56.9 Å². The van der Waals surface area contributed by atoms with Crippen LogP contribution in [0.2, 0.25) is 0 Å². The highest BCUT2D eigenvalue weighted by Crippen LogP contribution is 2.34. The van der Waals surface area contributed by atoms with Gasteiger partial charge in [0.05, 0.1) is 13.2 Å². The van der Waals surface area contributed by atoms with E-state index in [0.29, 0.717) is 17.7 Å². The highest BCUT2D eigenvalue weighted by atomic mass is 16.8. The Bertz CT molecular complexity index is 1280. The van der Waals surface area contributed by atoms with Crippen LogP contribution in [0.3, 0.4) is 0 Å². The largest absolute Gasteiger partial charge is 0.497 e. The van der Waals surface area contributed by atoms with Crippen LogP contribution in [0.1, 0.15) is 55.6 Å². The van der Waals surface area contributed by atoms with Gasteiger partial charge in [0.2, 0.25) is 0 Å². The van der Waals surface area contributed by atoms with Gasteiger partial charge in [0.15, 0.2) is 18.4 Å². The van der Waals surface area contributed by atoms with Crippen molar-refractivity contribution in [3.05, 3.63) is 71.3 Å². The monoisotopic (exact) mass is 566 g/mol. The molecular weight excluding hydrogens is 528 g/mol. The number of cyclic esters (lactones) is 1. The molecule has 2 aromatic carbocycles. The maximum atomic E-state index is 13.5. The number of hydrogen-bond acceptors (Lipinski definition) is 9. The molecule has 0 radical (unpaired) electrons. The quantitative estimate of drug-likeness (QED) is 0.318. The fourth-order valence-electron chi connectivity index (χ4n) is 4.58. The fourth-order valence-corrected chi connectivity index (χ4v) is 4.58. The average Bonchev–Trinajstić information content (AvgIpc) is 3.27. The van der Waals surface area contributed by atoms with E-state index < -0.39 is 30.1 Å². The van der Waals surface area contributed by atoms with Gasteiger partial charge in [0, 0.05) is 19.1 Å². The highest BCUT2D eigenvalue weighted by molar-refractivity contribution is 5.97. The first-order chi connectivity index (χ1) is 19.6. The zero-order chi connectivity index (χ0) is 29.6. The van der Waals surface area contributed by atoms with Crippen molar-refractivity contribution in [1.29, 1.82) is 0 Å². The predicted octanol–water partition coefficient (Wildman–Crippen LogP) is 5.50. The van der Waals surface area contributed by atoms with Crippen molar-refractivity contribution < 1.29 is 42.7 Å². The van der Waals surface area contributed by atoms with Crippen LogP contribution < -0.4 is 14.2 Å². The van der Waals surface area contributed by atoms with E-state index in [2.05, 4.69) is 0 Å². The molecular formula is C32H38O9. The van der Waals surface area contributed by atoms with Gasteiger partial charge >= 0.3 is 5.97 Å². The summed E-state index contributed by atoms with van der Waals surface area (Å²) in [6.07, 6.45) is 5.44. The summed E-state index contributed by atoms with van der Waals surface area (Å²) in [6, 6.07) is 11.0. The summed E-state index contributed by atoms with van der Waals surface area (Å²) < 4.78 is 40.1. The van der Waals surface area contributed by atoms with Gasteiger partial charge in [-0.15, -0.1) is 0 Å². The van der Waals surface area contributed by atoms with Gasteiger partial charge in [0.1, 0.15) is 41.6 Å². The molecule has 0 aliphatic carbocycles. The number of ketones is 1. The second-order valence-electron chi connectivity index (χ2n) is 10.5. The average molecular weight is 567 g/mol. The molecule has 2 aromatic rings. The first kappa shape index (κ1) is 30.3. The summed E-state index contributed by atoms with van der Waals surface area (Å²) in [5, 5.41) is 0. The molecule has 1 saturated heterocycles. The molecule has 0 saturated carbocycles. The summed E-state index contributed by atoms with van der Waals surface area (Å²) in [5.74, 6) is -0.394. The highest BCUT2D eigenvalue weighted by Gasteiger charge is 2.43. The Morgan fingerprint density at radius 2 is 1.71 bits per heavy atom. The molecule has 0 aromatic heterocycles. The Hall–Kier alpha value is -3.66. The third-order valence-corrected chi connectivity index (χ3v) is 6.93. The minimum atomic E-state index is -0.903. The van der Waals surface area contributed by atoms with E-state index in [1.807, 2.05) is 37.3 Å². The Labute approximate surface area is 241 Å². The lowest BCUT2D eigenvalue weighted by atomic mass is 9.99. The Kier molecular flexibility index (Phi) is 9.86. The topological polar surface area (TPSA) is 98.8 Å². The third-order valence-electron chi connectivity index (χ3n) is 6.93. The number of fused-ring (bicyclic) bond motifs is 2. The number of rotatable bonds is 7. The summed E-state index contributed by atoms with van der Waals surface area (Å²) in [7, 11) is 3.11. The Balaban J connectivity index is 1.71. The van der Waals surface area contributed by atoms with Crippen molar-refractivity contribution in [2.75, 3.05) is 21.0 Å². The lowest BCUT2D eigenvalue weighted by Gasteiger charge is -2.21. The molecule has 4 rings (SSSR count). The number of hydrogen-bond donors (Lipinski definition) is 0. The van der Waals surface area contributed by atoms with Crippen LogP contribution in [0.25, 0.3) is 6.08 Å². The second kappa shape index (κ2) is 13.3. The minimum Gasteiger partial charge on any atom is -0.497 e. The van der Waals surface area contributed by atoms with E-state index in [1.54, 1.807) is 52.2 Å². The lowest BCUT2D eigenvalue weighted by molar-refractivity contribution is -0.152. The number of carbonyl (C=O) groups excluding carboxylic acids is 2. The van der Waals surface area contributed by atoms with Gasteiger partial charge in [-0.3, -0.25) is 4.79 Å². The number of methoxy groups -OCH3 is 2. The number of esters is 1. The van der Waals surface area contributed by atoms with Crippen LogP contribution in [0.5, 0.6) is 17.2 Å². The first-order valence-electron chi connectivity index (χ1n) is 13.6. The molecule has 41 heavy (non-hydrogen) atoms. The molecule has 9 heteroatoms. The Morgan fingerprint density at radius 1 is 0.951 bits per heavy atom. The van der Waals surface area contributed by atoms with Gasteiger partial charge in [0.25, 0.3) is 0 Å². The third kappa shape index (κ3) is 7.75. The molecule has 0 bridgehead atoms. The van der Waals surface area contributed by atoms with Crippen molar-refractivity contribution in [2.45, 2.75) is 64.8 Å². The standard InChI is InChI=1S/C32H38O9/c1-20-10-15-26(33)30-27(40-32(3,4)41-30)9-7-8-23-16-25(37-18-22-11-13-24(36-6)14-12-22)17-28(38-19-35-5)29(23)31(34)39-21(20)2/h7-8,10-17,20-21,27,30H,9,18-19H2,1-6H3/b8-7+,15-10-/t20-,21+,27+,30?/m1/s1. The van der Waals surface area contributed by atoms with Crippen molar-refractivity contribution in [3.8, 4) is 17.2 Å². The van der Waals surface area contributed by atoms with Gasteiger partial charge < -0.3 is 33.2 Å². The second-order valence-corrected chi connectivity index (χ2v) is 10.5. The van der Waals surface area contributed by atoms with E-state index in [4.69, 9.17) is 33.2 Å². The van der Waals surface area contributed by atoms with Crippen LogP contribution in [0, 0.1) is 5.92 Å².